The zero-order chi connectivity index (χ0) is 20.1. The van der Waals surface area contributed by atoms with Crippen LogP contribution in [0.25, 0.3) is 0 Å². The number of carbonyl (C=O) groups is 3. The molecular formula is C20H20N4O4S. The van der Waals surface area contributed by atoms with Gasteiger partial charge in [-0.15, -0.1) is 10.2 Å². The van der Waals surface area contributed by atoms with E-state index in [-0.39, 0.29) is 47.8 Å². The molecule has 5 rings (SSSR count). The van der Waals surface area contributed by atoms with Gasteiger partial charge in [-0.3, -0.25) is 19.3 Å². The normalized spacial score (nSPS) is 28.2. The maximum atomic E-state index is 13.2. The van der Waals surface area contributed by atoms with E-state index in [1.54, 1.807) is 12.1 Å². The fraction of sp³-hybridized carbons (Fsp3) is 0.450. The van der Waals surface area contributed by atoms with Crippen LogP contribution in [0.3, 0.4) is 0 Å². The number of anilines is 1. The van der Waals surface area contributed by atoms with Crippen molar-refractivity contribution in [3.05, 3.63) is 41.3 Å². The summed E-state index contributed by atoms with van der Waals surface area (Å²) in [6, 6.07) is 2.61. The summed E-state index contributed by atoms with van der Waals surface area (Å²) in [6.45, 7) is 1.96. The van der Waals surface area contributed by atoms with Crippen LogP contribution in [0.15, 0.2) is 35.0 Å². The summed E-state index contributed by atoms with van der Waals surface area (Å²) in [5.41, 5.74) is 0. The van der Waals surface area contributed by atoms with Crippen molar-refractivity contribution in [3.8, 4) is 0 Å². The van der Waals surface area contributed by atoms with E-state index in [4.69, 9.17) is 4.42 Å². The van der Waals surface area contributed by atoms with Crippen LogP contribution in [0.1, 0.15) is 36.6 Å². The molecule has 2 aliphatic carbocycles. The maximum absolute atomic E-state index is 13.2. The number of allylic oxidation sites excluding steroid dienone is 2. The molecule has 3 heterocycles. The van der Waals surface area contributed by atoms with E-state index >= 15 is 0 Å². The molecular weight excluding hydrogens is 392 g/mol. The molecule has 0 radical (unpaired) electrons. The average Bonchev–Trinajstić information content (AvgIpc) is 3.51. The van der Waals surface area contributed by atoms with Crippen LogP contribution in [-0.2, 0) is 20.8 Å². The predicted octanol–water partition coefficient (Wildman–Crippen LogP) is 2.57. The van der Waals surface area contributed by atoms with Crippen molar-refractivity contribution in [3.63, 3.8) is 0 Å². The molecule has 9 heteroatoms. The molecule has 5 unspecified atom stereocenters. The van der Waals surface area contributed by atoms with E-state index < -0.39 is 6.04 Å². The summed E-state index contributed by atoms with van der Waals surface area (Å²) in [5.74, 6) is -0.706. The Bertz CT molecular complexity index is 968. The smallest absolute Gasteiger partial charge is 0.234 e. The van der Waals surface area contributed by atoms with Crippen LogP contribution >= 0.6 is 11.3 Å². The molecule has 1 N–H and O–H groups in total. The zero-order valence-electron chi connectivity index (χ0n) is 15.8. The number of hydrogen-bond donors (Lipinski definition) is 1. The van der Waals surface area contributed by atoms with Gasteiger partial charge >= 0.3 is 0 Å². The molecule has 29 heavy (non-hydrogen) atoms. The number of likely N-dealkylation sites (tertiary alicyclic amines) is 1. The topological polar surface area (TPSA) is 105 Å². The third kappa shape index (κ3) is 2.91. The summed E-state index contributed by atoms with van der Waals surface area (Å²) >= 11 is 1.31. The standard InChI is InChI=1S/C20H20N4O4S/c1-2-15-22-23-20(29-15)21-14(25)9-12(13-4-3-7-28-13)24-18(26)16-10-5-6-11(8-10)17(16)19(24)27/h3-7,10-12,16-17H,2,8-9H2,1H3,(H,21,23,25). The quantitative estimate of drug-likeness (QED) is 0.577. The van der Waals surface area contributed by atoms with Crippen molar-refractivity contribution < 1.29 is 18.8 Å². The van der Waals surface area contributed by atoms with E-state index in [1.165, 1.54) is 22.5 Å². The van der Waals surface area contributed by atoms with Crippen LogP contribution in [0.4, 0.5) is 5.13 Å². The Hall–Kier alpha value is -2.81. The Labute approximate surface area is 171 Å². The Kier molecular flexibility index (Phi) is 4.34. The summed E-state index contributed by atoms with van der Waals surface area (Å²) in [5, 5.41) is 11.9. The van der Waals surface area contributed by atoms with Gasteiger partial charge in [-0.05, 0) is 36.8 Å². The summed E-state index contributed by atoms with van der Waals surface area (Å²) in [7, 11) is 0. The van der Waals surface area contributed by atoms with Gasteiger partial charge in [0.15, 0.2) is 0 Å². The van der Waals surface area contributed by atoms with Crippen molar-refractivity contribution in [1.82, 2.24) is 15.1 Å². The molecule has 2 bridgehead atoms. The van der Waals surface area contributed by atoms with Gasteiger partial charge in [-0.1, -0.05) is 30.4 Å². The van der Waals surface area contributed by atoms with Crippen molar-refractivity contribution >= 4 is 34.2 Å². The Morgan fingerprint density at radius 2 is 2.00 bits per heavy atom. The van der Waals surface area contributed by atoms with Crippen LogP contribution in [-0.4, -0.2) is 32.8 Å². The van der Waals surface area contributed by atoms with Crippen LogP contribution < -0.4 is 5.32 Å². The van der Waals surface area contributed by atoms with Gasteiger partial charge in [-0.2, -0.15) is 0 Å². The highest BCUT2D eigenvalue weighted by molar-refractivity contribution is 7.15. The minimum Gasteiger partial charge on any atom is -0.467 e. The van der Waals surface area contributed by atoms with Gasteiger partial charge in [0.25, 0.3) is 0 Å². The first-order chi connectivity index (χ1) is 14.1. The SMILES string of the molecule is CCc1nnc(NC(=O)CC(c2ccco2)N2C(=O)C3C4C=CC(C4)C3C2=O)s1. The number of rotatable bonds is 6. The lowest BCUT2D eigenvalue weighted by Crippen LogP contribution is -2.38. The van der Waals surface area contributed by atoms with Gasteiger partial charge in [-0.25, -0.2) is 0 Å². The molecule has 0 aromatic carbocycles. The maximum Gasteiger partial charge on any atom is 0.234 e. The van der Waals surface area contributed by atoms with E-state index in [2.05, 4.69) is 27.7 Å². The molecule has 5 atom stereocenters. The van der Waals surface area contributed by atoms with Gasteiger partial charge in [0.05, 0.1) is 24.5 Å². The third-order valence-corrected chi connectivity index (χ3v) is 7.07. The Morgan fingerprint density at radius 1 is 1.28 bits per heavy atom. The highest BCUT2D eigenvalue weighted by Gasteiger charge is 2.60. The molecule has 150 valence electrons. The van der Waals surface area contributed by atoms with Crippen LogP contribution in [0.2, 0.25) is 0 Å². The largest absolute Gasteiger partial charge is 0.467 e. The molecule has 3 amide bonds. The zero-order valence-corrected chi connectivity index (χ0v) is 16.6. The third-order valence-electron chi connectivity index (χ3n) is 6.08. The molecule has 2 aromatic heterocycles. The molecule has 3 aliphatic rings. The van der Waals surface area contributed by atoms with Gasteiger partial charge in [0.1, 0.15) is 16.8 Å². The number of nitrogens with zero attached hydrogens (tertiary/aromatic N) is 3. The first-order valence-electron chi connectivity index (χ1n) is 9.77. The minimum atomic E-state index is -0.770. The first kappa shape index (κ1) is 18.2. The molecule has 8 nitrogen and oxygen atoms in total. The second-order valence-electron chi connectivity index (χ2n) is 7.68. The average molecular weight is 412 g/mol. The van der Waals surface area contributed by atoms with E-state index in [0.29, 0.717) is 10.9 Å². The van der Waals surface area contributed by atoms with Crippen LogP contribution in [0.5, 0.6) is 0 Å². The minimum absolute atomic E-state index is 0.0891. The van der Waals surface area contributed by atoms with Crippen molar-refractivity contribution in [2.45, 2.75) is 32.2 Å². The number of amides is 3. The lowest BCUT2D eigenvalue weighted by Gasteiger charge is -2.25. The highest BCUT2D eigenvalue weighted by Crippen LogP contribution is 2.54. The van der Waals surface area contributed by atoms with E-state index in [1.807, 2.05) is 6.92 Å². The molecule has 1 aliphatic heterocycles. The van der Waals surface area contributed by atoms with Gasteiger partial charge in [0, 0.05) is 0 Å². The molecule has 0 spiro atoms. The summed E-state index contributed by atoms with van der Waals surface area (Å²) in [4.78, 5) is 40.3. The van der Waals surface area contributed by atoms with E-state index in [9.17, 15) is 14.4 Å². The van der Waals surface area contributed by atoms with Crippen molar-refractivity contribution in [2.24, 2.45) is 23.7 Å². The lowest BCUT2D eigenvalue weighted by atomic mass is 9.85. The van der Waals surface area contributed by atoms with Crippen LogP contribution in [0, 0.1) is 23.7 Å². The molecule has 2 fully saturated rings. The first-order valence-corrected chi connectivity index (χ1v) is 10.6. The molecule has 2 aromatic rings. The summed E-state index contributed by atoms with van der Waals surface area (Å²) in [6.07, 6.45) is 7.09. The van der Waals surface area contributed by atoms with Gasteiger partial charge < -0.3 is 9.73 Å². The van der Waals surface area contributed by atoms with Crippen molar-refractivity contribution in [1.29, 1.82) is 0 Å². The second kappa shape index (κ2) is 6.91. The fourth-order valence-corrected chi connectivity index (χ4v) is 5.52. The number of imide groups is 1. The molecule has 1 saturated carbocycles. The Morgan fingerprint density at radius 3 is 2.59 bits per heavy atom. The number of nitrogens with one attached hydrogen (secondary N) is 1. The predicted molar refractivity (Wildman–Crippen MR) is 104 cm³/mol. The summed E-state index contributed by atoms with van der Waals surface area (Å²) < 4.78 is 5.50. The van der Waals surface area contributed by atoms with E-state index in [0.717, 1.165) is 17.8 Å². The van der Waals surface area contributed by atoms with Gasteiger partial charge in [0.2, 0.25) is 22.9 Å². The number of furan rings is 1. The number of aryl methyl sites for hydroxylation is 1. The molecule has 1 saturated heterocycles. The lowest BCUT2D eigenvalue weighted by molar-refractivity contribution is -0.144. The van der Waals surface area contributed by atoms with Crippen molar-refractivity contribution in [2.75, 3.05) is 5.32 Å². The fourth-order valence-electron chi connectivity index (χ4n) is 4.83. The second-order valence-corrected chi connectivity index (χ2v) is 8.75. The monoisotopic (exact) mass is 412 g/mol. The number of aromatic nitrogens is 2. The number of carbonyl (C=O) groups excluding carboxylic acids is 3. The number of fused-ring (bicyclic) bond motifs is 5. The number of hydrogen-bond acceptors (Lipinski definition) is 7. The highest BCUT2D eigenvalue weighted by atomic mass is 32.1. The Balaban J connectivity index is 1.39.